The average molecular weight is 156 g/mol. The van der Waals surface area contributed by atoms with Crippen molar-refractivity contribution in [1.29, 1.82) is 0 Å². The molecule has 0 aliphatic rings. The van der Waals surface area contributed by atoms with Crippen molar-refractivity contribution in [2.75, 3.05) is 6.54 Å². The van der Waals surface area contributed by atoms with E-state index in [4.69, 9.17) is 0 Å². The van der Waals surface area contributed by atoms with Gasteiger partial charge in [-0.1, -0.05) is 0 Å². The average Bonchev–Trinajstić information content (AvgIpc) is 2.36. The number of carbonyl (C=O) groups is 1. The van der Waals surface area contributed by atoms with E-state index in [0.717, 1.165) is 0 Å². The lowest BCUT2D eigenvalue weighted by Crippen LogP contribution is -2.25. The Labute approximate surface area is 65.9 Å². The van der Waals surface area contributed by atoms with E-state index in [0.29, 0.717) is 12.4 Å². The predicted molar refractivity (Wildman–Crippen MR) is 41.1 cm³/mol. The Morgan fingerprint density at radius 3 is 3.09 bits per heavy atom. The minimum Gasteiger partial charge on any atom is -0.350 e. The summed E-state index contributed by atoms with van der Waals surface area (Å²) >= 11 is 0. The van der Waals surface area contributed by atoms with Gasteiger partial charge < -0.3 is 5.32 Å². The molecule has 5 nitrogen and oxygen atoms in total. The van der Waals surface area contributed by atoms with Gasteiger partial charge in [0.1, 0.15) is 6.33 Å². The number of hydrogen-bond donors (Lipinski definition) is 1. The fraction of sp³-hybridized carbons (Fsp3) is 0.500. The largest absolute Gasteiger partial charge is 0.350 e. The molecule has 0 spiro atoms. The number of hydrogen-bond acceptors (Lipinski definition) is 3. The van der Waals surface area contributed by atoms with E-state index in [1.54, 1.807) is 7.05 Å². The summed E-state index contributed by atoms with van der Waals surface area (Å²) in [6, 6.07) is 0. The number of nitrogens with zero attached hydrogens (tertiary/aromatic N) is 3. The zero-order chi connectivity index (χ0) is 8.27. The molecule has 1 amide bonds. The normalized spacial score (nSPS) is 9.64. The van der Waals surface area contributed by atoms with Crippen LogP contribution in [0, 0.1) is 0 Å². The first kappa shape index (κ1) is 7.71. The number of aromatic nitrogens is 3. The van der Waals surface area contributed by atoms with Crippen LogP contribution in [0.25, 0.3) is 0 Å². The van der Waals surface area contributed by atoms with Gasteiger partial charge in [0.2, 0.25) is 5.82 Å². The van der Waals surface area contributed by atoms with Gasteiger partial charge in [-0.2, -0.15) is 5.10 Å². The molecule has 0 fully saturated rings. The molecule has 0 aromatic carbocycles. The summed E-state index contributed by atoms with van der Waals surface area (Å²) in [5, 5.41) is 6.39. The fourth-order valence-electron chi connectivity index (χ4n) is 0.741. The van der Waals surface area contributed by atoms with Crippen LogP contribution in [0.5, 0.6) is 0 Å². The van der Waals surface area contributed by atoms with Crippen LogP contribution >= 0.6 is 0 Å². The van der Waals surface area contributed by atoms with E-state index >= 15 is 0 Å². The molecule has 1 rings (SSSR count). The van der Waals surface area contributed by atoms with Crippen LogP contribution in [-0.2, 0) is 7.05 Å². The lowest BCUT2D eigenvalue weighted by Gasteiger charge is -1.98. The summed E-state index contributed by atoms with van der Waals surface area (Å²) in [6.45, 7) is 2.46. The van der Waals surface area contributed by atoms with Crippen molar-refractivity contribution in [3.05, 3.63) is 12.2 Å². The van der Waals surface area contributed by atoms with E-state index in [2.05, 4.69) is 15.4 Å². The third-order valence-electron chi connectivity index (χ3n) is 1.25. The van der Waals surface area contributed by atoms with Crippen molar-refractivity contribution < 1.29 is 6.22 Å². The molecule has 0 radical (unpaired) electrons. The van der Waals surface area contributed by atoms with E-state index in [1.165, 1.54) is 11.0 Å². The third-order valence-corrected chi connectivity index (χ3v) is 1.25. The number of aryl methyl sites for hydroxylation is 1. The molecule has 0 aliphatic heterocycles. The van der Waals surface area contributed by atoms with Crippen LogP contribution in [0.3, 0.4) is 0 Å². The van der Waals surface area contributed by atoms with Gasteiger partial charge in [-0.05, 0) is 6.92 Å². The predicted octanol–water partition coefficient (Wildman–Crippen LogP) is -0.189. The highest BCUT2D eigenvalue weighted by atomic mass is 16.2. The Morgan fingerprint density at radius 2 is 2.64 bits per heavy atom. The maximum Gasteiger partial charge on any atom is 0.288 e. The molecule has 1 heterocycles. The van der Waals surface area contributed by atoms with Crippen molar-refractivity contribution >= 4 is 5.91 Å². The second-order valence-electron chi connectivity index (χ2n) is 2.07. The standard InChI is InChI=1S/C6H10N4O.H2/c1-3-7-6(11)5-8-4-9-10(5)2;/h4H,3H2,1-2H3,(H,7,11);1H. The summed E-state index contributed by atoms with van der Waals surface area (Å²) in [6.07, 6.45) is 1.35. The molecule has 62 valence electrons. The molecule has 0 saturated heterocycles. The first-order chi connectivity index (χ1) is 5.25. The molecule has 1 N–H and O–H groups in total. The molecule has 0 atom stereocenters. The molecular formula is C6H12N4O. The molecule has 1 aromatic rings. The minimum atomic E-state index is -0.187. The van der Waals surface area contributed by atoms with E-state index in [9.17, 15) is 4.79 Å². The summed E-state index contributed by atoms with van der Waals surface area (Å²) < 4.78 is 1.44. The molecule has 11 heavy (non-hydrogen) atoms. The lowest BCUT2D eigenvalue weighted by molar-refractivity contribution is 0.0941. The second kappa shape index (κ2) is 3.14. The van der Waals surface area contributed by atoms with Gasteiger partial charge in [0.05, 0.1) is 0 Å². The Balaban J connectivity index is 0.00000121. The number of amides is 1. The maximum absolute atomic E-state index is 11.1. The fourth-order valence-corrected chi connectivity index (χ4v) is 0.741. The third kappa shape index (κ3) is 1.54. The highest BCUT2D eigenvalue weighted by Gasteiger charge is 2.08. The number of nitrogens with one attached hydrogen (secondary N) is 1. The van der Waals surface area contributed by atoms with Crippen LogP contribution < -0.4 is 5.32 Å². The molecular weight excluding hydrogens is 144 g/mol. The smallest absolute Gasteiger partial charge is 0.288 e. The SMILES string of the molecule is CCNC(=O)c1ncnn1C.[HH]. The number of rotatable bonds is 2. The van der Waals surface area contributed by atoms with Crippen LogP contribution in [0.4, 0.5) is 0 Å². The summed E-state index contributed by atoms with van der Waals surface area (Å²) in [4.78, 5) is 14.9. The van der Waals surface area contributed by atoms with Crippen LogP contribution in [0.15, 0.2) is 6.33 Å². The van der Waals surface area contributed by atoms with Crippen LogP contribution in [0.2, 0.25) is 0 Å². The summed E-state index contributed by atoms with van der Waals surface area (Å²) in [5.41, 5.74) is 0. The van der Waals surface area contributed by atoms with Gasteiger partial charge >= 0.3 is 0 Å². The van der Waals surface area contributed by atoms with E-state index in [1.807, 2.05) is 6.92 Å². The summed E-state index contributed by atoms with van der Waals surface area (Å²) in [5.74, 6) is 0.152. The Bertz CT molecular complexity index is 260. The molecule has 0 unspecified atom stereocenters. The van der Waals surface area contributed by atoms with Crippen molar-refractivity contribution in [2.45, 2.75) is 6.92 Å². The Morgan fingerprint density at radius 1 is 1.91 bits per heavy atom. The highest BCUT2D eigenvalue weighted by Crippen LogP contribution is 1.88. The first-order valence-corrected chi connectivity index (χ1v) is 3.38. The van der Waals surface area contributed by atoms with Crippen molar-refractivity contribution in [2.24, 2.45) is 7.05 Å². The molecule has 0 saturated carbocycles. The minimum absolute atomic E-state index is 0. The van der Waals surface area contributed by atoms with Gasteiger partial charge in [-0.25, -0.2) is 9.67 Å². The number of carbonyl (C=O) groups excluding carboxylic acids is 1. The lowest BCUT2D eigenvalue weighted by atomic mass is 10.5. The van der Waals surface area contributed by atoms with Crippen LogP contribution in [-0.4, -0.2) is 27.2 Å². The molecule has 0 bridgehead atoms. The Hall–Kier alpha value is -1.39. The van der Waals surface area contributed by atoms with Crippen molar-refractivity contribution in [1.82, 2.24) is 20.1 Å². The van der Waals surface area contributed by atoms with Crippen LogP contribution in [0.1, 0.15) is 19.0 Å². The highest BCUT2D eigenvalue weighted by molar-refractivity contribution is 5.90. The molecule has 1 aromatic heterocycles. The maximum atomic E-state index is 11.1. The van der Waals surface area contributed by atoms with Crippen molar-refractivity contribution in [3.8, 4) is 0 Å². The quantitative estimate of drug-likeness (QED) is 0.645. The Kier molecular flexibility index (Phi) is 2.20. The topological polar surface area (TPSA) is 59.8 Å². The van der Waals surface area contributed by atoms with E-state index in [-0.39, 0.29) is 7.33 Å². The van der Waals surface area contributed by atoms with E-state index < -0.39 is 0 Å². The monoisotopic (exact) mass is 156 g/mol. The van der Waals surface area contributed by atoms with Gasteiger partial charge in [0, 0.05) is 15.0 Å². The van der Waals surface area contributed by atoms with Gasteiger partial charge in [-0.15, -0.1) is 0 Å². The van der Waals surface area contributed by atoms with Gasteiger partial charge in [0.25, 0.3) is 5.91 Å². The zero-order valence-corrected chi connectivity index (χ0v) is 6.53. The van der Waals surface area contributed by atoms with Gasteiger partial charge in [0.15, 0.2) is 0 Å². The summed E-state index contributed by atoms with van der Waals surface area (Å²) in [7, 11) is 1.68. The molecule has 5 heteroatoms. The van der Waals surface area contributed by atoms with Gasteiger partial charge in [-0.3, -0.25) is 4.79 Å². The molecule has 0 aliphatic carbocycles. The van der Waals surface area contributed by atoms with Crippen molar-refractivity contribution in [3.63, 3.8) is 0 Å². The first-order valence-electron chi connectivity index (χ1n) is 3.38. The zero-order valence-electron chi connectivity index (χ0n) is 6.53. The second-order valence-corrected chi connectivity index (χ2v) is 2.07.